The second kappa shape index (κ2) is 5.85. The van der Waals surface area contributed by atoms with Crippen LogP contribution in [0.4, 0.5) is 0 Å². The molecule has 20 heavy (non-hydrogen) atoms. The molecule has 1 heterocycles. The van der Waals surface area contributed by atoms with Crippen molar-refractivity contribution in [2.24, 2.45) is 5.73 Å². The second-order valence-electron chi connectivity index (χ2n) is 4.97. The summed E-state index contributed by atoms with van der Waals surface area (Å²) in [5, 5.41) is 0. The fourth-order valence-electron chi connectivity index (χ4n) is 2.43. The van der Waals surface area contributed by atoms with E-state index in [1.54, 1.807) is 0 Å². The third-order valence-electron chi connectivity index (χ3n) is 3.33. The Morgan fingerprint density at radius 3 is 2.60 bits per heavy atom. The van der Waals surface area contributed by atoms with Gasteiger partial charge in [0.05, 0.1) is 4.47 Å². The third-order valence-corrected chi connectivity index (χ3v) is 3.91. The van der Waals surface area contributed by atoms with Gasteiger partial charge >= 0.3 is 0 Å². The molecular formula is C16H16BrNO2. The van der Waals surface area contributed by atoms with Crippen LogP contribution in [0, 0.1) is 0 Å². The van der Waals surface area contributed by atoms with Crippen LogP contribution in [0.2, 0.25) is 0 Å². The number of ether oxygens (including phenoxy) is 2. The Kier molecular flexibility index (Phi) is 3.94. The molecule has 104 valence electrons. The van der Waals surface area contributed by atoms with Gasteiger partial charge in [-0.15, -0.1) is 0 Å². The number of fused-ring (bicyclic) bond motifs is 1. The van der Waals surface area contributed by atoms with Crippen molar-refractivity contribution in [3.8, 4) is 11.5 Å². The Bertz CT molecular complexity index is 601. The Morgan fingerprint density at radius 2 is 1.80 bits per heavy atom. The molecule has 0 aliphatic carbocycles. The fourth-order valence-corrected chi connectivity index (χ4v) is 3.03. The minimum absolute atomic E-state index is 0.0877. The van der Waals surface area contributed by atoms with E-state index in [1.165, 1.54) is 5.56 Å². The van der Waals surface area contributed by atoms with Gasteiger partial charge in [0.15, 0.2) is 11.5 Å². The van der Waals surface area contributed by atoms with Gasteiger partial charge in [0.2, 0.25) is 6.79 Å². The SMILES string of the molecule is NC(Cc1ccccc1)Cc1cc(Br)c2c(c1)OCO2. The highest BCUT2D eigenvalue weighted by molar-refractivity contribution is 9.10. The van der Waals surface area contributed by atoms with Gasteiger partial charge in [0, 0.05) is 6.04 Å². The van der Waals surface area contributed by atoms with Crippen LogP contribution >= 0.6 is 15.9 Å². The molecule has 0 saturated heterocycles. The van der Waals surface area contributed by atoms with Crippen LogP contribution in [0.15, 0.2) is 46.9 Å². The van der Waals surface area contributed by atoms with Crippen LogP contribution < -0.4 is 15.2 Å². The summed E-state index contributed by atoms with van der Waals surface area (Å²) in [6.07, 6.45) is 1.68. The Labute approximate surface area is 126 Å². The lowest BCUT2D eigenvalue weighted by molar-refractivity contribution is 0.173. The average Bonchev–Trinajstić information content (AvgIpc) is 2.88. The Balaban J connectivity index is 1.70. The largest absolute Gasteiger partial charge is 0.454 e. The van der Waals surface area contributed by atoms with Crippen LogP contribution in [0.25, 0.3) is 0 Å². The molecule has 0 amide bonds. The van der Waals surface area contributed by atoms with Gasteiger partial charge in [-0.3, -0.25) is 0 Å². The van der Waals surface area contributed by atoms with Gasteiger partial charge < -0.3 is 15.2 Å². The number of nitrogens with two attached hydrogens (primary N) is 1. The maximum absolute atomic E-state index is 6.25. The zero-order chi connectivity index (χ0) is 13.9. The summed E-state index contributed by atoms with van der Waals surface area (Å²) < 4.78 is 11.7. The highest BCUT2D eigenvalue weighted by Crippen LogP contribution is 2.40. The van der Waals surface area contributed by atoms with E-state index in [0.29, 0.717) is 0 Å². The van der Waals surface area contributed by atoms with Gasteiger partial charge in [0.1, 0.15) is 0 Å². The molecule has 2 N–H and O–H groups in total. The summed E-state index contributed by atoms with van der Waals surface area (Å²) in [6.45, 7) is 0.285. The summed E-state index contributed by atoms with van der Waals surface area (Å²) in [5.41, 5.74) is 8.67. The zero-order valence-electron chi connectivity index (χ0n) is 11.0. The topological polar surface area (TPSA) is 44.5 Å². The molecular weight excluding hydrogens is 318 g/mol. The predicted octanol–water partition coefficient (Wildman–Crippen LogP) is 3.29. The van der Waals surface area contributed by atoms with Crippen molar-refractivity contribution in [1.29, 1.82) is 0 Å². The predicted molar refractivity (Wildman–Crippen MR) is 82.1 cm³/mol. The minimum Gasteiger partial charge on any atom is -0.454 e. The minimum atomic E-state index is 0.0877. The molecule has 1 unspecified atom stereocenters. The Hall–Kier alpha value is -1.52. The van der Waals surface area contributed by atoms with Crippen molar-refractivity contribution in [2.45, 2.75) is 18.9 Å². The monoisotopic (exact) mass is 333 g/mol. The molecule has 0 bridgehead atoms. The number of halogens is 1. The molecule has 2 aromatic carbocycles. The summed E-state index contributed by atoms with van der Waals surface area (Å²) in [5.74, 6) is 1.58. The summed E-state index contributed by atoms with van der Waals surface area (Å²) in [4.78, 5) is 0. The van der Waals surface area contributed by atoms with E-state index in [1.807, 2.05) is 24.3 Å². The Morgan fingerprint density at radius 1 is 1.05 bits per heavy atom. The average molecular weight is 334 g/mol. The van der Waals surface area contributed by atoms with Crippen LogP contribution in [0.3, 0.4) is 0 Å². The fraction of sp³-hybridized carbons (Fsp3) is 0.250. The third kappa shape index (κ3) is 2.97. The molecule has 0 spiro atoms. The van der Waals surface area contributed by atoms with E-state index < -0.39 is 0 Å². The van der Waals surface area contributed by atoms with E-state index >= 15 is 0 Å². The van der Waals surface area contributed by atoms with Gasteiger partial charge in [-0.2, -0.15) is 0 Å². The lowest BCUT2D eigenvalue weighted by Crippen LogP contribution is -2.25. The summed E-state index contributed by atoms with van der Waals surface area (Å²) in [6, 6.07) is 14.5. The quantitative estimate of drug-likeness (QED) is 0.933. The highest BCUT2D eigenvalue weighted by atomic mass is 79.9. The zero-order valence-corrected chi connectivity index (χ0v) is 12.6. The molecule has 0 saturated carbocycles. The van der Waals surface area contributed by atoms with E-state index in [2.05, 4.69) is 34.1 Å². The van der Waals surface area contributed by atoms with E-state index in [4.69, 9.17) is 15.2 Å². The van der Waals surface area contributed by atoms with Gasteiger partial charge in [-0.05, 0) is 52.0 Å². The number of rotatable bonds is 4. The normalized spacial score (nSPS) is 14.3. The smallest absolute Gasteiger partial charge is 0.231 e. The lowest BCUT2D eigenvalue weighted by Gasteiger charge is -2.13. The molecule has 1 aliphatic heterocycles. The van der Waals surface area contributed by atoms with Crippen molar-refractivity contribution in [3.05, 3.63) is 58.1 Å². The summed E-state index contributed by atoms with van der Waals surface area (Å²) in [7, 11) is 0. The number of hydrogen-bond acceptors (Lipinski definition) is 3. The van der Waals surface area contributed by atoms with Crippen LogP contribution in [0.1, 0.15) is 11.1 Å². The number of hydrogen-bond donors (Lipinski definition) is 1. The molecule has 2 aromatic rings. The first kappa shape index (κ1) is 13.5. The van der Waals surface area contributed by atoms with Crippen LogP contribution in [-0.2, 0) is 12.8 Å². The highest BCUT2D eigenvalue weighted by Gasteiger charge is 2.18. The molecule has 3 rings (SSSR count). The molecule has 0 radical (unpaired) electrons. The molecule has 1 atom stereocenters. The van der Waals surface area contributed by atoms with Crippen molar-refractivity contribution < 1.29 is 9.47 Å². The van der Waals surface area contributed by atoms with Crippen LogP contribution in [-0.4, -0.2) is 12.8 Å². The maximum atomic E-state index is 6.25. The van der Waals surface area contributed by atoms with Crippen molar-refractivity contribution in [1.82, 2.24) is 0 Å². The molecule has 0 aromatic heterocycles. The first-order valence-corrected chi connectivity index (χ1v) is 7.39. The first-order chi connectivity index (χ1) is 9.72. The molecule has 4 heteroatoms. The van der Waals surface area contributed by atoms with Gasteiger partial charge in [-0.25, -0.2) is 0 Å². The maximum Gasteiger partial charge on any atom is 0.231 e. The van der Waals surface area contributed by atoms with Crippen LogP contribution in [0.5, 0.6) is 11.5 Å². The molecule has 0 fully saturated rings. The van der Waals surface area contributed by atoms with E-state index in [0.717, 1.165) is 34.4 Å². The van der Waals surface area contributed by atoms with E-state index in [-0.39, 0.29) is 12.8 Å². The second-order valence-corrected chi connectivity index (χ2v) is 5.82. The summed E-state index contributed by atoms with van der Waals surface area (Å²) >= 11 is 3.51. The van der Waals surface area contributed by atoms with E-state index in [9.17, 15) is 0 Å². The number of benzene rings is 2. The molecule has 1 aliphatic rings. The standard InChI is InChI=1S/C16H16BrNO2/c17-14-8-12(9-15-16(14)20-10-19-15)7-13(18)6-11-4-2-1-3-5-11/h1-5,8-9,13H,6-7,10,18H2. The van der Waals surface area contributed by atoms with Crippen molar-refractivity contribution in [3.63, 3.8) is 0 Å². The molecule has 3 nitrogen and oxygen atoms in total. The van der Waals surface area contributed by atoms with Gasteiger partial charge in [0.25, 0.3) is 0 Å². The van der Waals surface area contributed by atoms with Crippen molar-refractivity contribution in [2.75, 3.05) is 6.79 Å². The van der Waals surface area contributed by atoms with Crippen molar-refractivity contribution >= 4 is 15.9 Å². The first-order valence-electron chi connectivity index (χ1n) is 6.60. The lowest BCUT2D eigenvalue weighted by atomic mass is 9.99. The van der Waals surface area contributed by atoms with Gasteiger partial charge in [-0.1, -0.05) is 30.3 Å².